The van der Waals surface area contributed by atoms with Crippen molar-refractivity contribution in [1.29, 1.82) is 0 Å². The van der Waals surface area contributed by atoms with Crippen LogP contribution in [-0.4, -0.2) is 0 Å². The van der Waals surface area contributed by atoms with Crippen molar-refractivity contribution >= 4 is 32.3 Å². The molecule has 1 nitrogen and oxygen atoms in total. The van der Waals surface area contributed by atoms with E-state index < -0.39 is 245 Å². The summed E-state index contributed by atoms with van der Waals surface area (Å²) in [6.07, 6.45) is 0. The first-order chi connectivity index (χ1) is 32.2. The minimum atomic E-state index is -1.06. The topological polar surface area (TPSA) is 9.23 Å². The summed E-state index contributed by atoms with van der Waals surface area (Å²) in [6, 6.07) is -24.6. The maximum atomic E-state index is 9.72. The van der Waals surface area contributed by atoms with Gasteiger partial charge in [-0.15, -0.1) is 0 Å². The van der Waals surface area contributed by atoms with Crippen molar-refractivity contribution in [3.05, 3.63) is 157 Å². The summed E-state index contributed by atoms with van der Waals surface area (Å²) in [5.41, 5.74) is -5.65. The zero-order chi connectivity index (χ0) is 51.0. The van der Waals surface area contributed by atoms with E-state index in [1.807, 2.05) is 0 Å². The molecule has 200 valence electrons. The lowest BCUT2D eigenvalue weighted by Gasteiger charge is -2.24. The SMILES string of the molecule is [2H]c1c([2H])c([2H])c(-c2c([2H])c([2H])c([2H])c([2H])c2-c2c3c([2H])c([2H])c([2H])c([2H])c3c(-c3c([2H])c([2H])c4c5c(c([2H])c([2H])c([2H])c35)Oc3c([2H])c([2H])c([2H])c([2H])c3-4)c3c([2H])c([2H])c([2H])c([2H])c23)c([2H])c1[2H]. The fraction of sp³-hybridized carbons (Fsp3) is 0. The van der Waals surface area contributed by atoms with Gasteiger partial charge in [-0.2, -0.15) is 0 Å². The van der Waals surface area contributed by atoms with E-state index in [1.54, 1.807) is 0 Å². The summed E-state index contributed by atoms with van der Waals surface area (Å²) < 4.78 is 239. The molecule has 0 fully saturated rings. The number of fused-ring (bicyclic) bond motifs is 4. The molecule has 0 N–H and O–H groups in total. The van der Waals surface area contributed by atoms with Gasteiger partial charge in [0.15, 0.2) is 0 Å². The van der Waals surface area contributed by atoms with Crippen LogP contribution in [-0.2, 0) is 0 Å². The minimum Gasteiger partial charge on any atom is -0.456 e. The van der Waals surface area contributed by atoms with E-state index in [9.17, 15) is 12.3 Å². The van der Waals surface area contributed by atoms with Crippen LogP contribution in [0.25, 0.3) is 76.8 Å². The minimum absolute atomic E-state index is 0.456. The predicted molar refractivity (Wildman–Crippen MR) is 181 cm³/mol. The number of hydrogen-bond acceptors (Lipinski definition) is 1. The normalized spacial score (nSPS) is 20.4. The summed E-state index contributed by atoms with van der Waals surface area (Å²) in [5.74, 6) is -1.22. The van der Waals surface area contributed by atoms with Crippen molar-refractivity contribution in [2.75, 3.05) is 0 Å². The molecule has 1 heterocycles. The maximum Gasteiger partial charge on any atom is 0.135 e. The quantitative estimate of drug-likeness (QED) is 0.191. The van der Waals surface area contributed by atoms with Crippen molar-refractivity contribution < 1.29 is 40.4 Å². The highest BCUT2D eigenvalue weighted by Gasteiger charge is 2.24. The van der Waals surface area contributed by atoms with Gasteiger partial charge in [0, 0.05) is 10.9 Å². The van der Waals surface area contributed by atoms with Crippen molar-refractivity contribution in [3.8, 4) is 56.0 Å². The van der Waals surface area contributed by atoms with E-state index >= 15 is 0 Å². The number of hydrogen-bond donors (Lipinski definition) is 0. The van der Waals surface area contributed by atoms with Gasteiger partial charge in [-0.25, -0.2) is 0 Å². The first kappa shape index (κ1) is 9.69. The van der Waals surface area contributed by atoms with Gasteiger partial charge >= 0.3 is 0 Å². The summed E-state index contributed by atoms with van der Waals surface area (Å²) in [4.78, 5) is 0. The van der Waals surface area contributed by atoms with Gasteiger partial charge in [0.25, 0.3) is 0 Å². The van der Waals surface area contributed by atoms with E-state index in [1.165, 1.54) is 0 Å². The molecule has 0 aromatic heterocycles. The number of benzene rings is 8. The third-order valence-corrected chi connectivity index (χ3v) is 7.07. The van der Waals surface area contributed by atoms with E-state index in [0.717, 1.165) is 0 Å². The van der Waals surface area contributed by atoms with Crippen molar-refractivity contribution in [2.24, 2.45) is 0 Å². The Morgan fingerprint density at radius 3 is 1.51 bits per heavy atom. The van der Waals surface area contributed by atoms with Crippen LogP contribution in [0.3, 0.4) is 0 Å². The van der Waals surface area contributed by atoms with Crippen molar-refractivity contribution in [1.82, 2.24) is 0 Å². The summed E-state index contributed by atoms with van der Waals surface area (Å²) in [6.45, 7) is 0. The Morgan fingerprint density at radius 1 is 0.326 bits per heavy atom. The van der Waals surface area contributed by atoms with Gasteiger partial charge in [-0.3, -0.25) is 0 Å². The molecule has 0 unspecified atom stereocenters. The van der Waals surface area contributed by atoms with Crippen LogP contribution in [0.15, 0.2) is 157 Å². The summed E-state index contributed by atoms with van der Waals surface area (Å²) in [5, 5.41) is -4.10. The Morgan fingerprint density at radius 2 is 0.814 bits per heavy atom. The Bertz CT molecular complexity index is 3710. The van der Waals surface area contributed by atoms with Gasteiger partial charge in [0.2, 0.25) is 0 Å². The molecule has 0 aliphatic carbocycles. The molecule has 0 saturated carbocycles. The smallest absolute Gasteiger partial charge is 0.135 e. The molecule has 1 aliphatic rings. The van der Waals surface area contributed by atoms with Crippen molar-refractivity contribution in [3.63, 3.8) is 0 Å². The lowest BCUT2D eigenvalue weighted by molar-refractivity contribution is 0.487. The Kier molecular flexibility index (Phi) is 2.13. The van der Waals surface area contributed by atoms with E-state index in [4.69, 9.17) is 28.0 Å². The molecule has 43 heavy (non-hydrogen) atoms. The van der Waals surface area contributed by atoms with Gasteiger partial charge in [-0.05, 0) is 78.0 Å². The second kappa shape index (κ2) is 9.44. The zero-order valence-electron chi connectivity index (χ0n) is 47.4. The molecular formula is C42H26O. The highest BCUT2D eigenvalue weighted by Crippen LogP contribution is 2.51. The Labute approximate surface area is 286 Å². The fourth-order valence-corrected chi connectivity index (χ4v) is 5.36. The highest BCUT2D eigenvalue weighted by molar-refractivity contribution is 6.25. The molecule has 0 saturated heterocycles. The molecule has 0 amide bonds. The number of ether oxygens (including phenoxy) is 1. The molecular weight excluding hydrogens is 520 g/mol. The van der Waals surface area contributed by atoms with Crippen LogP contribution >= 0.6 is 0 Å². The Balaban J connectivity index is 1.67. The second-order valence-corrected chi connectivity index (χ2v) is 9.26. The van der Waals surface area contributed by atoms with E-state index in [2.05, 4.69) is 0 Å². The van der Waals surface area contributed by atoms with Gasteiger partial charge in [0.1, 0.15) is 11.5 Å². The number of rotatable bonds is 3. The molecule has 0 spiro atoms. The van der Waals surface area contributed by atoms with Gasteiger partial charge < -0.3 is 4.74 Å². The molecule has 9 rings (SSSR count). The first-order valence-corrected chi connectivity index (χ1v) is 12.7. The lowest BCUT2D eigenvalue weighted by Crippen LogP contribution is -1.98. The molecule has 1 heteroatoms. The van der Waals surface area contributed by atoms with E-state index in [0.29, 0.717) is 0 Å². The van der Waals surface area contributed by atoms with Crippen LogP contribution in [0, 0.1) is 0 Å². The van der Waals surface area contributed by atoms with Crippen LogP contribution < -0.4 is 4.74 Å². The largest absolute Gasteiger partial charge is 0.456 e. The zero-order valence-corrected chi connectivity index (χ0v) is 21.4. The average Bonchev–Trinajstić information content (AvgIpc) is 3.33. The van der Waals surface area contributed by atoms with Gasteiger partial charge in [0.05, 0.1) is 35.6 Å². The highest BCUT2D eigenvalue weighted by atomic mass is 16.5. The molecule has 8 aromatic carbocycles. The van der Waals surface area contributed by atoms with Crippen LogP contribution in [0.1, 0.15) is 35.6 Å². The third kappa shape index (κ3) is 3.58. The van der Waals surface area contributed by atoms with Crippen LogP contribution in [0.4, 0.5) is 0 Å². The van der Waals surface area contributed by atoms with E-state index in [-0.39, 0.29) is 0 Å². The fourth-order valence-electron chi connectivity index (χ4n) is 5.36. The molecule has 0 radical (unpaired) electrons. The predicted octanol–water partition coefficient (Wildman–Crippen LogP) is 11.9. The molecule has 0 bridgehead atoms. The summed E-state index contributed by atoms with van der Waals surface area (Å²) >= 11 is 0. The monoisotopic (exact) mass is 572 g/mol. The molecule has 1 aliphatic heterocycles. The third-order valence-electron chi connectivity index (χ3n) is 7.07. The summed E-state index contributed by atoms with van der Waals surface area (Å²) in [7, 11) is 0. The molecule has 0 atom stereocenters. The number of para-hydroxylation sites is 1. The maximum absolute atomic E-state index is 9.72. The van der Waals surface area contributed by atoms with Gasteiger partial charge in [-0.1, -0.05) is 145 Å². The Hall–Kier alpha value is -5.66. The van der Waals surface area contributed by atoms with Crippen LogP contribution in [0.2, 0.25) is 0 Å². The average molecular weight is 573 g/mol. The second-order valence-electron chi connectivity index (χ2n) is 9.26. The van der Waals surface area contributed by atoms with Crippen LogP contribution in [0.5, 0.6) is 11.5 Å². The van der Waals surface area contributed by atoms with Crippen molar-refractivity contribution in [2.45, 2.75) is 0 Å². The molecule has 8 aromatic rings. The standard InChI is InChI=1S/C42H26O/c1-2-13-27(14-3-1)28-15-4-5-17-30(28)40-31-18-6-8-20-33(31)41(34-21-9-7-19-32(34)40)37-26-25-36-29-16-10-11-23-38(29)43-39-24-12-22-35(37)42(36)39/h1-26H/i1D,2D,3D,4D,5D,6D,7D,8D,9D,10D,11D,12D,13D,14D,15D,16D,17D,18D,19D,20D,21D,22D,23D,24D,25D,26D. The first-order valence-electron chi connectivity index (χ1n) is 25.7. The lowest BCUT2D eigenvalue weighted by atomic mass is 9.82.